The average Bonchev–Trinajstić information content (AvgIpc) is 2.95. The fourth-order valence-corrected chi connectivity index (χ4v) is 3.38. The molecule has 3 rings (SSSR count). The summed E-state index contributed by atoms with van der Waals surface area (Å²) in [5, 5.41) is 9.27. The number of benzene rings is 2. The second-order valence-corrected chi connectivity index (χ2v) is 6.30. The first-order valence-electron chi connectivity index (χ1n) is 7.53. The number of carbonyl (C=O) groups is 1. The molecule has 2 N–H and O–H groups in total. The first-order chi connectivity index (χ1) is 11.1. The van der Waals surface area contributed by atoms with Gasteiger partial charge in [-0.1, -0.05) is 36.4 Å². The first kappa shape index (κ1) is 15.5. The van der Waals surface area contributed by atoms with Crippen molar-refractivity contribution < 1.29 is 4.79 Å². The summed E-state index contributed by atoms with van der Waals surface area (Å²) in [5.74, 6) is -0.0961. The molecule has 1 unspecified atom stereocenters. The van der Waals surface area contributed by atoms with Gasteiger partial charge in [-0.15, -0.1) is 0 Å². The number of aromatic nitrogens is 1. The fraction of sp³-hybridized carbons (Fsp3) is 0.222. The van der Waals surface area contributed by atoms with Gasteiger partial charge in [-0.2, -0.15) is 4.37 Å². The van der Waals surface area contributed by atoms with Gasteiger partial charge in [0.05, 0.1) is 17.3 Å². The minimum atomic E-state index is -0.0961. The molecule has 1 atom stereocenters. The van der Waals surface area contributed by atoms with E-state index in [2.05, 4.69) is 45.3 Å². The highest BCUT2D eigenvalue weighted by Crippen LogP contribution is 2.25. The van der Waals surface area contributed by atoms with Crippen molar-refractivity contribution in [1.82, 2.24) is 9.69 Å². The van der Waals surface area contributed by atoms with Crippen LogP contribution in [0.1, 0.15) is 34.6 Å². The van der Waals surface area contributed by atoms with E-state index in [0.29, 0.717) is 5.56 Å². The summed E-state index contributed by atoms with van der Waals surface area (Å²) in [6, 6.07) is 14.4. The largest absolute Gasteiger partial charge is 0.378 e. The zero-order chi connectivity index (χ0) is 16.4. The Morgan fingerprint density at radius 1 is 1.17 bits per heavy atom. The number of fused-ring (bicyclic) bond motifs is 1. The average molecular weight is 325 g/mol. The molecule has 0 aliphatic heterocycles. The summed E-state index contributed by atoms with van der Waals surface area (Å²) in [7, 11) is 1.80. The molecule has 0 bridgehead atoms. The van der Waals surface area contributed by atoms with Gasteiger partial charge in [-0.3, -0.25) is 4.79 Å². The molecule has 23 heavy (non-hydrogen) atoms. The molecule has 0 radical (unpaired) electrons. The van der Waals surface area contributed by atoms with Crippen molar-refractivity contribution in [3.8, 4) is 0 Å². The van der Waals surface area contributed by atoms with Gasteiger partial charge in [0, 0.05) is 7.05 Å². The number of hydrogen-bond acceptors (Lipinski definition) is 4. The van der Waals surface area contributed by atoms with E-state index in [4.69, 9.17) is 0 Å². The predicted octanol–water partition coefficient (Wildman–Crippen LogP) is 4.14. The van der Waals surface area contributed by atoms with Gasteiger partial charge in [-0.25, -0.2) is 0 Å². The molecule has 0 aliphatic carbocycles. The van der Waals surface area contributed by atoms with Crippen molar-refractivity contribution in [3.63, 3.8) is 0 Å². The van der Waals surface area contributed by atoms with Crippen LogP contribution in [0.25, 0.3) is 10.8 Å². The molecule has 1 heterocycles. The predicted molar refractivity (Wildman–Crippen MR) is 96.2 cm³/mol. The number of amides is 1. The lowest BCUT2D eigenvalue weighted by Crippen LogP contribution is -2.27. The molecule has 0 fully saturated rings. The number of hydrogen-bond donors (Lipinski definition) is 2. The van der Waals surface area contributed by atoms with E-state index in [1.807, 2.05) is 26.0 Å². The molecule has 1 aromatic heterocycles. The standard InChI is InChI=1S/C18H19N3OS/c1-11(14-9-8-13-6-4-5-7-15(13)10-14)20-17(22)16-12(2)21-23-18(16)19-3/h4-11,19H,1-3H3,(H,20,22). The number of aryl methyl sites for hydroxylation is 1. The maximum atomic E-state index is 12.6. The second kappa shape index (κ2) is 6.38. The van der Waals surface area contributed by atoms with Gasteiger partial charge in [-0.05, 0) is 47.8 Å². The monoisotopic (exact) mass is 325 g/mol. The second-order valence-electron chi connectivity index (χ2n) is 5.52. The summed E-state index contributed by atoms with van der Waals surface area (Å²) in [5.41, 5.74) is 2.47. The zero-order valence-electron chi connectivity index (χ0n) is 13.4. The smallest absolute Gasteiger partial charge is 0.256 e. The Balaban J connectivity index is 1.83. The first-order valence-corrected chi connectivity index (χ1v) is 8.31. The van der Waals surface area contributed by atoms with Crippen LogP contribution in [0.2, 0.25) is 0 Å². The molecule has 0 saturated heterocycles. The molecule has 0 aliphatic rings. The number of nitrogens with one attached hydrogen (secondary N) is 2. The van der Waals surface area contributed by atoms with Crippen molar-refractivity contribution in [2.24, 2.45) is 0 Å². The third kappa shape index (κ3) is 3.05. The van der Waals surface area contributed by atoms with Gasteiger partial charge in [0.1, 0.15) is 5.00 Å². The number of anilines is 1. The van der Waals surface area contributed by atoms with E-state index in [0.717, 1.165) is 16.3 Å². The van der Waals surface area contributed by atoms with Crippen LogP contribution in [-0.4, -0.2) is 17.3 Å². The van der Waals surface area contributed by atoms with E-state index < -0.39 is 0 Å². The Morgan fingerprint density at radius 3 is 2.65 bits per heavy atom. The van der Waals surface area contributed by atoms with Crippen molar-refractivity contribution in [2.45, 2.75) is 19.9 Å². The Morgan fingerprint density at radius 2 is 1.91 bits per heavy atom. The zero-order valence-corrected chi connectivity index (χ0v) is 14.2. The van der Waals surface area contributed by atoms with Crippen LogP contribution in [0.15, 0.2) is 42.5 Å². The minimum Gasteiger partial charge on any atom is -0.378 e. The van der Waals surface area contributed by atoms with Crippen LogP contribution in [0, 0.1) is 6.92 Å². The highest BCUT2D eigenvalue weighted by Gasteiger charge is 2.19. The molecule has 3 aromatic rings. The van der Waals surface area contributed by atoms with Crippen LogP contribution in [0.3, 0.4) is 0 Å². The third-order valence-corrected chi connectivity index (χ3v) is 4.89. The van der Waals surface area contributed by atoms with Crippen LogP contribution in [0.5, 0.6) is 0 Å². The molecule has 5 heteroatoms. The van der Waals surface area contributed by atoms with Crippen LogP contribution >= 0.6 is 11.5 Å². The lowest BCUT2D eigenvalue weighted by molar-refractivity contribution is 0.0940. The van der Waals surface area contributed by atoms with Gasteiger partial charge in [0.2, 0.25) is 0 Å². The number of nitrogens with zero attached hydrogens (tertiary/aromatic N) is 1. The van der Waals surface area contributed by atoms with Crippen LogP contribution in [-0.2, 0) is 0 Å². The molecular weight excluding hydrogens is 306 g/mol. The van der Waals surface area contributed by atoms with E-state index in [9.17, 15) is 4.79 Å². The summed E-state index contributed by atoms with van der Waals surface area (Å²) in [6.07, 6.45) is 0. The van der Waals surface area contributed by atoms with Crippen molar-refractivity contribution in [3.05, 3.63) is 59.3 Å². The molecule has 118 valence electrons. The number of rotatable bonds is 4. The van der Waals surface area contributed by atoms with Crippen molar-refractivity contribution in [2.75, 3.05) is 12.4 Å². The molecular formula is C18H19N3OS. The maximum absolute atomic E-state index is 12.6. The fourth-order valence-electron chi connectivity index (χ4n) is 2.64. The summed E-state index contributed by atoms with van der Waals surface area (Å²) >= 11 is 1.31. The lowest BCUT2D eigenvalue weighted by atomic mass is 10.0. The van der Waals surface area contributed by atoms with Gasteiger partial charge >= 0.3 is 0 Å². The summed E-state index contributed by atoms with van der Waals surface area (Å²) < 4.78 is 4.25. The highest BCUT2D eigenvalue weighted by molar-refractivity contribution is 7.10. The molecule has 4 nitrogen and oxygen atoms in total. The van der Waals surface area contributed by atoms with Gasteiger partial charge < -0.3 is 10.6 Å². The minimum absolute atomic E-state index is 0.0730. The Hall–Kier alpha value is -2.40. The Labute approximate surface area is 139 Å². The Kier molecular flexibility index (Phi) is 4.30. The molecule has 2 aromatic carbocycles. The molecule has 0 spiro atoms. The SMILES string of the molecule is CNc1snc(C)c1C(=O)NC(C)c1ccc2ccccc2c1. The van der Waals surface area contributed by atoms with Crippen molar-refractivity contribution >= 4 is 33.2 Å². The normalized spacial score (nSPS) is 12.1. The van der Waals surface area contributed by atoms with E-state index >= 15 is 0 Å². The summed E-state index contributed by atoms with van der Waals surface area (Å²) in [6.45, 7) is 3.85. The van der Waals surface area contributed by atoms with E-state index in [1.165, 1.54) is 22.3 Å². The van der Waals surface area contributed by atoms with Crippen molar-refractivity contribution in [1.29, 1.82) is 0 Å². The van der Waals surface area contributed by atoms with Crippen LogP contribution < -0.4 is 10.6 Å². The van der Waals surface area contributed by atoms with E-state index in [1.54, 1.807) is 7.05 Å². The Bertz CT molecular complexity index is 856. The summed E-state index contributed by atoms with van der Waals surface area (Å²) in [4.78, 5) is 12.6. The van der Waals surface area contributed by atoms with Gasteiger partial charge in [0.15, 0.2) is 0 Å². The van der Waals surface area contributed by atoms with Gasteiger partial charge in [0.25, 0.3) is 5.91 Å². The molecule has 0 saturated carbocycles. The third-order valence-electron chi connectivity index (χ3n) is 3.94. The van der Waals surface area contributed by atoms with E-state index in [-0.39, 0.29) is 11.9 Å². The number of carbonyl (C=O) groups excluding carboxylic acids is 1. The molecule has 1 amide bonds. The maximum Gasteiger partial charge on any atom is 0.256 e. The quantitative estimate of drug-likeness (QED) is 0.758. The van der Waals surface area contributed by atoms with Crippen LogP contribution in [0.4, 0.5) is 5.00 Å². The highest BCUT2D eigenvalue weighted by atomic mass is 32.1. The lowest BCUT2D eigenvalue weighted by Gasteiger charge is -2.15. The topological polar surface area (TPSA) is 54.0 Å².